The minimum absolute atomic E-state index is 0.0395. The lowest BCUT2D eigenvalue weighted by Crippen LogP contribution is -2.45. The molecule has 1 saturated heterocycles. The largest absolute Gasteiger partial charge is 0.486 e. The highest BCUT2D eigenvalue weighted by molar-refractivity contribution is 5.94. The standard InChI is InChI=1S/C23H28N2O5/c1-23(2,18-3-4-19-20(13-18)30-12-11-29-19)15-24-21(26)16-5-8-25(9-6-16)22(27)17-7-10-28-14-17/h3-4,7,10,13-14,16H,5-6,8-9,11-12,15H2,1-2H3,(H,24,26). The third-order valence-electron chi connectivity index (χ3n) is 5.95. The van der Waals surface area contributed by atoms with Crippen LogP contribution < -0.4 is 14.8 Å². The van der Waals surface area contributed by atoms with Gasteiger partial charge in [-0.15, -0.1) is 0 Å². The van der Waals surface area contributed by atoms with Crippen molar-refractivity contribution in [1.29, 1.82) is 0 Å². The second kappa shape index (κ2) is 8.42. The van der Waals surface area contributed by atoms with Crippen molar-refractivity contribution < 1.29 is 23.5 Å². The molecule has 1 fully saturated rings. The van der Waals surface area contributed by atoms with Gasteiger partial charge in [-0.1, -0.05) is 19.9 Å². The third-order valence-corrected chi connectivity index (χ3v) is 5.95. The summed E-state index contributed by atoms with van der Waals surface area (Å²) in [5.74, 6) is 1.46. The van der Waals surface area contributed by atoms with Gasteiger partial charge in [0.25, 0.3) is 5.91 Å². The van der Waals surface area contributed by atoms with Gasteiger partial charge in [0.05, 0.1) is 11.8 Å². The molecule has 0 saturated carbocycles. The first-order chi connectivity index (χ1) is 14.4. The zero-order chi connectivity index (χ0) is 21.1. The van der Waals surface area contributed by atoms with E-state index in [1.165, 1.54) is 12.5 Å². The number of benzene rings is 1. The van der Waals surface area contributed by atoms with E-state index in [0.29, 0.717) is 51.3 Å². The molecule has 0 unspecified atom stereocenters. The number of rotatable bonds is 5. The molecule has 2 amide bonds. The molecule has 160 valence electrons. The van der Waals surface area contributed by atoms with Crippen molar-refractivity contribution in [2.24, 2.45) is 5.92 Å². The fraction of sp³-hybridized carbons (Fsp3) is 0.478. The van der Waals surface area contributed by atoms with Crippen LogP contribution in [0.3, 0.4) is 0 Å². The highest BCUT2D eigenvalue weighted by Crippen LogP contribution is 2.35. The van der Waals surface area contributed by atoms with Crippen molar-refractivity contribution >= 4 is 11.8 Å². The number of ether oxygens (including phenoxy) is 2. The molecule has 1 N–H and O–H groups in total. The first-order valence-corrected chi connectivity index (χ1v) is 10.4. The first kappa shape index (κ1) is 20.3. The van der Waals surface area contributed by atoms with Gasteiger partial charge in [0.15, 0.2) is 11.5 Å². The maximum absolute atomic E-state index is 12.7. The summed E-state index contributed by atoms with van der Waals surface area (Å²) in [5.41, 5.74) is 1.40. The van der Waals surface area contributed by atoms with E-state index in [-0.39, 0.29) is 23.1 Å². The predicted octanol–water partition coefficient (Wildman–Crippen LogP) is 3.00. The van der Waals surface area contributed by atoms with Crippen LogP contribution in [0.15, 0.2) is 41.2 Å². The molecule has 30 heavy (non-hydrogen) atoms. The molecule has 0 spiro atoms. The lowest BCUT2D eigenvalue weighted by molar-refractivity contribution is -0.126. The van der Waals surface area contributed by atoms with E-state index < -0.39 is 0 Å². The SMILES string of the molecule is CC(C)(CNC(=O)C1CCN(C(=O)c2ccoc2)CC1)c1ccc2c(c1)OCCO2. The summed E-state index contributed by atoms with van der Waals surface area (Å²) < 4.78 is 16.3. The van der Waals surface area contributed by atoms with E-state index >= 15 is 0 Å². The molecule has 1 aromatic heterocycles. The summed E-state index contributed by atoms with van der Waals surface area (Å²) in [6, 6.07) is 7.63. The van der Waals surface area contributed by atoms with Gasteiger partial charge in [-0.3, -0.25) is 9.59 Å². The molecule has 7 heteroatoms. The molecular formula is C23H28N2O5. The molecule has 0 atom stereocenters. The molecule has 2 aliphatic rings. The third kappa shape index (κ3) is 4.30. The number of fused-ring (bicyclic) bond motifs is 1. The van der Waals surface area contributed by atoms with E-state index in [0.717, 1.165) is 17.1 Å². The van der Waals surface area contributed by atoms with Gasteiger partial charge < -0.3 is 24.1 Å². The minimum atomic E-state index is -0.247. The van der Waals surface area contributed by atoms with Crippen molar-refractivity contribution in [3.8, 4) is 11.5 Å². The van der Waals surface area contributed by atoms with Crippen molar-refractivity contribution in [2.45, 2.75) is 32.1 Å². The topological polar surface area (TPSA) is 81.0 Å². The Bertz CT molecular complexity index is 898. The Morgan fingerprint density at radius 3 is 2.53 bits per heavy atom. The second-order valence-electron chi connectivity index (χ2n) is 8.54. The van der Waals surface area contributed by atoms with Crippen LogP contribution in [0.2, 0.25) is 0 Å². The molecule has 0 aliphatic carbocycles. The monoisotopic (exact) mass is 412 g/mol. The van der Waals surface area contributed by atoms with Crippen LogP contribution in [0.5, 0.6) is 11.5 Å². The van der Waals surface area contributed by atoms with E-state index in [9.17, 15) is 9.59 Å². The Balaban J connectivity index is 1.30. The molecule has 7 nitrogen and oxygen atoms in total. The molecule has 2 aromatic rings. The van der Waals surface area contributed by atoms with Gasteiger partial charge >= 0.3 is 0 Å². The van der Waals surface area contributed by atoms with Crippen LogP contribution in [-0.4, -0.2) is 49.6 Å². The molecule has 3 heterocycles. The highest BCUT2D eigenvalue weighted by atomic mass is 16.6. The number of nitrogens with one attached hydrogen (secondary N) is 1. The van der Waals surface area contributed by atoms with Crippen LogP contribution in [0.1, 0.15) is 42.6 Å². The van der Waals surface area contributed by atoms with E-state index in [1.54, 1.807) is 11.0 Å². The molecule has 0 radical (unpaired) electrons. The summed E-state index contributed by atoms with van der Waals surface area (Å²) in [5, 5.41) is 3.11. The zero-order valence-electron chi connectivity index (χ0n) is 17.5. The molecule has 1 aromatic carbocycles. The van der Waals surface area contributed by atoms with E-state index in [1.807, 2.05) is 18.2 Å². The maximum Gasteiger partial charge on any atom is 0.257 e. The molecule has 4 rings (SSSR count). The number of hydrogen-bond acceptors (Lipinski definition) is 5. The smallest absolute Gasteiger partial charge is 0.257 e. The van der Waals surface area contributed by atoms with Gasteiger partial charge in [-0.05, 0) is 36.6 Å². The number of furan rings is 1. The Kier molecular flexibility index (Phi) is 5.70. The normalized spacial score (nSPS) is 16.9. The lowest BCUT2D eigenvalue weighted by Gasteiger charge is -2.32. The van der Waals surface area contributed by atoms with Crippen LogP contribution in [-0.2, 0) is 10.2 Å². The summed E-state index contributed by atoms with van der Waals surface area (Å²) in [7, 11) is 0. The second-order valence-corrected chi connectivity index (χ2v) is 8.54. The summed E-state index contributed by atoms with van der Waals surface area (Å²) in [6.07, 6.45) is 4.29. The average Bonchev–Trinajstić information content (AvgIpc) is 3.32. The summed E-state index contributed by atoms with van der Waals surface area (Å²) in [6.45, 7) is 7.00. The van der Waals surface area contributed by atoms with Crippen LogP contribution >= 0.6 is 0 Å². The number of hydrogen-bond donors (Lipinski definition) is 1. The number of carbonyl (C=O) groups is 2. The fourth-order valence-corrected chi connectivity index (χ4v) is 3.93. The van der Waals surface area contributed by atoms with Gasteiger partial charge in [-0.2, -0.15) is 0 Å². The number of likely N-dealkylation sites (tertiary alicyclic amines) is 1. The van der Waals surface area contributed by atoms with Crippen LogP contribution in [0.4, 0.5) is 0 Å². The van der Waals surface area contributed by atoms with Gasteiger partial charge in [0, 0.05) is 31.0 Å². The Labute approximate surface area is 176 Å². The van der Waals surface area contributed by atoms with Gasteiger partial charge in [0.1, 0.15) is 19.5 Å². The average molecular weight is 412 g/mol. The van der Waals surface area contributed by atoms with Crippen molar-refractivity contribution in [3.63, 3.8) is 0 Å². The van der Waals surface area contributed by atoms with E-state index in [2.05, 4.69) is 19.2 Å². The molecule has 0 bridgehead atoms. The Morgan fingerprint density at radius 1 is 1.10 bits per heavy atom. The van der Waals surface area contributed by atoms with Crippen molar-refractivity contribution in [3.05, 3.63) is 47.9 Å². The van der Waals surface area contributed by atoms with Crippen molar-refractivity contribution in [1.82, 2.24) is 10.2 Å². The number of amides is 2. The predicted molar refractivity (Wildman–Crippen MR) is 111 cm³/mol. The maximum atomic E-state index is 12.7. The molecular weight excluding hydrogens is 384 g/mol. The highest BCUT2D eigenvalue weighted by Gasteiger charge is 2.30. The van der Waals surface area contributed by atoms with Gasteiger partial charge in [-0.25, -0.2) is 0 Å². The molecule has 2 aliphatic heterocycles. The Hall–Kier alpha value is -2.96. The summed E-state index contributed by atoms with van der Waals surface area (Å²) in [4.78, 5) is 26.9. The van der Waals surface area contributed by atoms with E-state index in [4.69, 9.17) is 13.9 Å². The number of piperidine rings is 1. The van der Waals surface area contributed by atoms with Crippen LogP contribution in [0, 0.1) is 5.92 Å². The minimum Gasteiger partial charge on any atom is -0.486 e. The number of nitrogens with zero attached hydrogens (tertiary/aromatic N) is 1. The van der Waals surface area contributed by atoms with Crippen LogP contribution in [0.25, 0.3) is 0 Å². The number of carbonyl (C=O) groups excluding carboxylic acids is 2. The Morgan fingerprint density at radius 2 is 1.83 bits per heavy atom. The fourth-order valence-electron chi connectivity index (χ4n) is 3.93. The lowest BCUT2D eigenvalue weighted by atomic mass is 9.84. The van der Waals surface area contributed by atoms with Crippen molar-refractivity contribution in [2.75, 3.05) is 32.8 Å². The quantitative estimate of drug-likeness (QED) is 0.817. The van der Waals surface area contributed by atoms with Gasteiger partial charge in [0.2, 0.25) is 5.91 Å². The zero-order valence-corrected chi connectivity index (χ0v) is 17.5. The first-order valence-electron chi connectivity index (χ1n) is 10.4. The summed E-state index contributed by atoms with van der Waals surface area (Å²) >= 11 is 0.